The zero-order valence-corrected chi connectivity index (χ0v) is 10.8. The summed E-state index contributed by atoms with van der Waals surface area (Å²) in [5.41, 5.74) is 7.13. The zero-order valence-electron chi connectivity index (χ0n) is 9.98. The van der Waals surface area contributed by atoms with Crippen LogP contribution in [0.3, 0.4) is 0 Å². The van der Waals surface area contributed by atoms with E-state index >= 15 is 0 Å². The van der Waals surface area contributed by atoms with Gasteiger partial charge in [0.1, 0.15) is 6.17 Å². The molecular formula is C11H15N3O2S. The molecule has 1 atom stereocenters. The molecule has 0 saturated carbocycles. The van der Waals surface area contributed by atoms with Crippen molar-refractivity contribution in [3.05, 3.63) is 23.8 Å². The van der Waals surface area contributed by atoms with Crippen LogP contribution in [-0.4, -0.2) is 25.6 Å². The normalized spacial score (nSPS) is 18.5. The first kappa shape index (κ1) is 12.1. The Hall–Kier alpha value is -1.40. The van der Waals surface area contributed by atoms with Crippen LogP contribution in [0.25, 0.3) is 0 Å². The topological polar surface area (TPSA) is 54.9 Å². The quantitative estimate of drug-likeness (QED) is 0.855. The van der Waals surface area contributed by atoms with Crippen LogP contribution in [0, 0.1) is 0 Å². The van der Waals surface area contributed by atoms with Crippen LogP contribution < -0.4 is 20.3 Å². The van der Waals surface area contributed by atoms with Gasteiger partial charge in [0.05, 0.1) is 14.2 Å². The molecule has 0 spiro atoms. The first-order valence-corrected chi connectivity index (χ1v) is 6.36. The predicted molar refractivity (Wildman–Crippen MR) is 69.5 cm³/mol. The Kier molecular flexibility index (Phi) is 3.75. The number of nitrogens with zero attached hydrogens (tertiary/aromatic N) is 1. The number of hydrogen-bond acceptors (Lipinski definition) is 6. The third-order valence-electron chi connectivity index (χ3n) is 2.48. The molecule has 1 aromatic rings. The van der Waals surface area contributed by atoms with Crippen molar-refractivity contribution < 1.29 is 9.47 Å². The lowest BCUT2D eigenvalue weighted by atomic mass is 10.1. The fraction of sp³-hybridized carbons (Fsp3) is 0.364. The highest BCUT2D eigenvalue weighted by Crippen LogP contribution is 2.31. The van der Waals surface area contributed by atoms with E-state index in [9.17, 15) is 0 Å². The molecule has 5 nitrogen and oxygen atoms in total. The van der Waals surface area contributed by atoms with Crippen LogP contribution in [0.4, 0.5) is 0 Å². The Balaban J connectivity index is 2.25. The average molecular weight is 253 g/mol. The van der Waals surface area contributed by atoms with Gasteiger partial charge in [-0.1, -0.05) is 17.8 Å². The van der Waals surface area contributed by atoms with E-state index in [1.54, 1.807) is 26.0 Å². The molecule has 1 aromatic carbocycles. The fourth-order valence-electron chi connectivity index (χ4n) is 1.60. The standard InChI is InChI=1S/C11H15N3O2S/c1-15-8-5-4-7(6-9(8)16-2)10-12-11(17-3)14-13-10/h4-6,10,13H,1-3H3,(H,12,14). The van der Waals surface area contributed by atoms with Crippen molar-refractivity contribution in [2.24, 2.45) is 4.99 Å². The Morgan fingerprint density at radius 3 is 2.59 bits per heavy atom. The van der Waals surface area contributed by atoms with E-state index in [0.29, 0.717) is 5.75 Å². The monoisotopic (exact) mass is 253 g/mol. The van der Waals surface area contributed by atoms with Crippen molar-refractivity contribution in [3.63, 3.8) is 0 Å². The van der Waals surface area contributed by atoms with Gasteiger partial charge in [-0.05, 0) is 24.0 Å². The molecular weight excluding hydrogens is 238 g/mol. The summed E-state index contributed by atoms with van der Waals surface area (Å²) in [6.07, 6.45) is 1.89. The van der Waals surface area contributed by atoms with Gasteiger partial charge in [-0.2, -0.15) is 0 Å². The van der Waals surface area contributed by atoms with E-state index in [2.05, 4.69) is 15.8 Å². The summed E-state index contributed by atoms with van der Waals surface area (Å²) < 4.78 is 10.5. The summed E-state index contributed by atoms with van der Waals surface area (Å²) in [5.74, 6) is 1.43. The summed E-state index contributed by atoms with van der Waals surface area (Å²) in [6.45, 7) is 0. The fourth-order valence-corrected chi connectivity index (χ4v) is 1.97. The lowest BCUT2D eigenvalue weighted by molar-refractivity contribution is 0.354. The highest BCUT2D eigenvalue weighted by molar-refractivity contribution is 8.13. The van der Waals surface area contributed by atoms with Crippen molar-refractivity contribution in [2.45, 2.75) is 6.17 Å². The van der Waals surface area contributed by atoms with E-state index in [4.69, 9.17) is 9.47 Å². The van der Waals surface area contributed by atoms with Crippen LogP contribution >= 0.6 is 11.8 Å². The van der Waals surface area contributed by atoms with E-state index < -0.39 is 0 Å². The smallest absolute Gasteiger partial charge is 0.172 e. The van der Waals surface area contributed by atoms with Crippen LogP contribution in [-0.2, 0) is 0 Å². The van der Waals surface area contributed by atoms with Crippen LogP contribution in [0.15, 0.2) is 23.2 Å². The maximum absolute atomic E-state index is 5.26. The van der Waals surface area contributed by atoms with E-state index in [1.807, 2.05) is 24.5 Å². The summed E-state index contributed by atoms with van der Waals surface area (Å²) in [4.78, 5) is 4.47. The number of hydrogen-bond donors (Lipinski definition) is 2. The minimum atomic E-state index is -0.0859. The molecule has 92 valence electrons. The molecule has 0 saturated heterocycles. The number of aliphatic imine (C=N–C) groups is 1. The molecule has 0 amide bonds. The number of nitrogens with one attached hydrogen (secondary N) is 2. The number of thioether (sulfide) groups is 1. The highest BCUT2D eigenvalue weighted by atomic mass is 32.2. The molecule has 2 rings (SSSR count). The molecule has 0 radical (unpaired) electrons. The molecule has 0 aromatic heterocycles. The molecule has 0 aliphatic carbocycles. The molecule has 0 bridgehead atoms. The van der Waals surface area contributed by atoms with Gasteiger partial charge in [-0.3, -0.25) is 5.43 Å². The highest BCUT2D eigenvalue weighted by Gasteiger charge is 2.18. The number of benzene rings is 1. The average Bonchev–Trinajstić information content (AvgIpc) is 2.86. The summed E-state index contributed by atoms with van der Waals surface area (Å²) in [6, 6.07) is 5.76. The van der Waals surface area contributed by atoms with Crippen LogP contribution in [0.1, 0.15) is 11.7 Å². The first-order chi connectivity index (χ1) is 8.28. The van der Waals surface area contributed by atoms with E-state index in [-0.39, 0.29) is 6.17 Å². The molecule has 17 heavy (non-hydrogen) atoms. The largest absolute Gasteiger partial charge is 0.493 e. The zero-order chi connectivity index (χ0) is 12.3. The minimum Gasteiger partial charge on any atom is -0.493 e. The molecule has 1 aliphatic heterocycles. The Morgan fingerprint density at radius 1 is 1.24 bits per heavy atom. The van der Waals surface area contributed by atoms with Gasteiger partial charge >= 0.3 is 0 Å². The molecule has 0 fully saturated rings. The number of amidine groups is 1. The molecule has 6 heteroatoms. The number of methoxy groups -OCH3 is 2. The number of ether oxygens (including phenoxy) is 2. The van der Waals surface area contributed by atoms with Gasteiger partial charge in [0.15, 0.2) is 16.7 Å². The number of rotatable bonds is 3. The Labute approximate surface area is 105 Å². The second-order valence-corrected chi connectivity index (χ2v) is 4.22. The van der Waals surface area contributed by atoms with Gasteiger partial charge in [-0.15, -0.1) is 0 Å². The van der Waals surface area contributed by atoms with Gasteiger partial charge in [-0.25, -0.2) is 10.4 Å². The molecule has 2 N–H and O–H groups in total. The summed E-state index contributed by atoms with van der Waals surface area (Å²) in [7, 11) is 3.25. The summed E-state index contributed by atoms with van der Waals surface area (Å²) >= 11 is 1.57. The number of hydrazine groups is 1. The maximum atomic E-state index is 5.26. The predicted octanol–water partition coefficient (Wildman–Crippen LogP) is 1.53. The SMILES string of the molecule is COc1ccc(C2N=C(SC)NN2)cc1OC. The van der Waals surface area contributed by atoms with Gasteiger partial charge in [0.25, 0.3) is 0 Å². The summed E-state index contributed by atoms with van der Waals surface area (Å²) in [5, 5.41) is 0.879. The van der Waals surface area contributed by atoms with Crippen molar-refractivity contribution in [1.82, 2.24) is 10.9 Å². The van der Waals surface area contributed by atoms with Crippen LogP contribution in [0.5, 0.6) is 11.5 Å². The van der Waals surface area contributed by atoms with Gasteiger partial charge in [0, 0.05) is 0 Å². The Bertz CT molecular complexity index is 437. The van der Waals surface area contributed by atoms with Crippen molar-refractivity contribution in [2.75, 3.05) is 20.5 Å². The van der Waals surface area contributed by atoms with Gasteiger partial charge < -0.3 is 9.47 Å². The molecule has 1 unspecified atom stereocenters. The Morgan fingerprint density at radius 2 is 2.00 bits per heavy atom. The van der Waals surface area contributed by atoms with E-state index in [1.165, 1.54) is 0 Å². The van der Waals surface area contributed by atoms with Crippen molar-refractivity contribution in [1.29, 1.82) is 0 Å². The van der Waals surface area contributed by atoms with Crippen LogP contribution in [0.2, 0.25) is 0 Å². The lowest BCUT2D eigenvalue weighted by Gasteiger charge is -2.12. The lowest BCUT2D eigenvalue weighted by Crippen LogP contribution is -2.29. The third kappa shape index (κ3) is 2.48. The third-order valence-corrected chi connectivity index (χ3v) is 3.07. The van der Waals surface area contributed by atoms with E-state index in [0.717, 1.165) is 16.5 Å². The van der Waals surface area contributed by atoms with Crippen molar-refractivity contribution >= 4 is 16.9 Å². The van der Waals surface area contributed by atoms with Gasteiger partial charge in [0.2, 0.25) is 0 Å². The van der Waals surface area contributed by atoms with Crippen molar-refractivity contribution in [3.8, 4) is 11.5 Å². The first-order valence-electron chi connectivity index (χ1n) is 5.13. The second kappa shape index (κ2) is 5.29. The second-order valence-electron chi connectivity index (χ2n) is 3.42. The maximum Gasteiger partial charge on any atom is 0.172 e. The molecule has 1 aliphatic rings. The molecule has 1 heterocycles. The minimum absolute atomic E-state index is 0.0859.